The van der Waals surface area contributed by atoms with Crippen LogP contribution in [0.15, 0.2) is 12.3 Å². The molecule has 0 spiro atoms. The van der Waals surface area contributed by atoms with E-state index in [0.29, 0.717) is 5.56 Å². The lowest BCUT2D eigenvalue weighted by Gasteiger charge is -2.02. The fraction of sp³-hybridized carbons (Fsp3) is 0.286. The van der Waals surface area contributed by atoms with E-state index < -0.39 is 9.84 Å². The van der Waals surface area contributed by atoms with Gasteiger partial charge in [-0.3, -0.25) is 0 Å². The fourth-order valence-corrected chi connectivity index (χ4v) is 2.09. The Morgan fingerprint density at radius 1 is 1.46 bits per heavy atom. The minimum Gasteiger partial charge on any atom is -0.243 e. The molecule has 0 aliphatic rings. The lowest BCUT2D eigenvalue weighted by Crippen LogP contribution is -2.01. The summed E-state index contributed by atoms with van der Waals surface area (Å²) in [7, 11) is -3.09. The summed E-state index contributed by atoms with van der Waals surface area (Å²) in [5.74, 6) is -0.117. The van der Waals surface area contributed by atoms with Crippen LogP contribution in [-0.2, 0) is 15.6 Å². The third-order valence-corrected chi connectivity index (χ3v) is 2.98. The molecule has 0 saturated carbocycles. The van der Waals surface area contributed by atoms with E-state index in [1.165, 1.54) is 12.3 Å². The first kappa shape index (κ1) is 10.8. The maximum atomic E-state index is 10.9. The number of pyridine rings is 1. The Morgan fingerprint density at radius 2 is 2.08 bits per heavy atom. The molecule has 0 aliphatic heterocycles. The van der Waals surface area contributed by atoms with Crippen molar-refractivity contribution in [2.24, 2.45) is 0 Å². The van der Waals surface area contributed by atoms with Gasteiger partial charge in [-0.25, -0.2) is 13.4 Å². The highest BCUT2D eigenvalue weighted by Crippen LogP contribution is 2.24. The maximum Gasteiger partial charge on any atom is 0.151 e. The Morgan fingerprint density at radius 3 is 2.62 bits per heavy atom. The van der Waals surface area contributed by atoms with Crippen LogP contribution in [0.1, 0.15) is 5.56 Å². The summed E-state index contributed by atoms with van der Waals surface area (Å²) >= 11 is 11.3. The summed E-state index contributed by atoms with van der Waals surface area (Å²) < 4.78 is 21.9. The Bertz CT molecular complexity index is 417. The average molecular weight is 240 g/mol. The first-order valence-electron chi connectivity index (χ1n) is 3.37. The van der Waals surface area contributed by atoms with Gasteiger partial charge in [-0.05, 0) is 11.6 Å². The van der Waals surface area contributed by atoms with Crippen molar-refractivity contribution in [3.63, 3.8) is 0 Å². The lowest BCUT2D eigenvalue weighted by molar-refractivity contribution is 0.601. The molecule has 0 aliphatic carbocycles. The molecular formula is C7H7Cl2NO2S. The largest absolute Gasteiger partial charge is 0.243 e. The highest BCUT2D eigenvalue weighted by atomic mass is 35.5. The van der Waals surface area contributed by atoms with Crippen molar-refractivity contribution in [2.75, 3.05) is 6.26 Å². The van der Waals surface area contributed by atoms with Crippen molar-refractivity contribution in [2.45, 2.75) is 5.75 Å². The molecule has 1 aromatic rings. The topological polar surface area (TPSA) is 47.0 Å². The second-order valence-corrected chi connectivity index (χ2v) is 5.52. The third-order valence-electron chi connectivity index (χ3n) is 1.34. The summed E-state index contributed by atoms with van der Waals surface area (Å²) in [5, 5.41) is 0.331. The summed E-state index contributed by atoms with van der Waals surface area (Å²) in [4.78, 5) is 3.71. The van der Waals surface area contributed by atoms with Gasteiger partial charge in [0.2, 0.25) is 0 Å². The zero-order valence-electron chi connectivity index (χ0n) is 6.79. The van der Waals surface area contributed by atoms with Crippen LogP contribution < -0.4 is 0 Å². The van der Waals surface area contributed by atoms with Gasteiger partial charge in [0, 0.05) is 12.5 Å². The van der Waals surface area contributed by atoms with Gasteiger partial charge in [0.25, 0.3) is 0 Å². The molecule has 0 atom stereocenters. The van der Waals surface area contributed by atoms with Crippen LogP contribution in [0.2, 0.25) is 10.2 Å². The highest BCUT2D eigenvalue weighted by Gasteiger charge is 2.10. The minimum atomic E-state index is -3.09. The molecule has 0 saturated heterocycles. The van der Waals surface area contributed by atoms with Crippen LogP contribution >= 0.6 is 23.2 Å². The number of hydrogen-bond acceptors (Lipinski definition) is 3. The minimum absolute atomic E-state index is 0.117. The number of hydrogen-bond donors (Lipinski definition) is 0. The van der Waals surface area contributed by atoms with Gasteiger partial charge in [0.1, 0.15) is 5.15 Å². The molecule has 6 heteroatoms. The SMILES string of the molecule is CS(=O)(=O)Cc1ccnc(Cl)c1Cl. The van der Waals surface area contributed by atoms with Gasteiger partial charge in [0.05, 0.1) is 10.8 Å². The number of halogens is 2. The maximum absolute atomic E-state index is 10.9. The van der Waals surface area contributed by atoms with Gasteiger partial charge < -0.3 is 0 Å². The first-order valence-corrected chi connectivity index (χ1v) is 6.18. The molecule has 0 fully saturated rings. The van der Waals surface area contributed by atoms with Crippen molar-refractivity contribution >= 4 is 33.0 Å². The molecule has 3 nitrogen and oxygen atoms in total. The molecule has 13 heavy (non-hydrogen) atoms. The van der Waals surface area contributed by atoms with Crippen LogP contribution in [0.4, 0.5) is 0 Å². The molecular weight excluding hydrogens is 233 g/mol. The Hall–Kier alpha value is -0.320. The number of sulfone groups is 1. The van der Waals surface area contributed by atoms with Crippen LogP contribution in [0.5, 0.6) is 0 Å². The molecule has 0 unspecified atom stereocenters. The normalized spacial score (nSPS) is 11.6. The van der Waals surface area contributed by atoms with Gasteiger partial charge >= 0.3 is 0 Å². The molecule has 0 amide bonds. The smallest absolute Gasteiger partial charge is 0.151 e. The number of rotatable bonds is 2. The predicted octanol–water partition coefficient (Wildman–Crippen LogP) is 1.93. The monoisotopic (exact) mass is 239 g/mol. The van der Waals surface area contributed by atoms with Gasteiger partial charge in [-0.15, -0.1) is 0 Å². The Balaban J connectivity index is 3.10. The van der Waals surface area contributed by atoms with Crippen molar-refractivity contribution in [1.29, 1.82) is 0 Å². The van der Waals surface area contributed by atoms with Crippen molar-refractivity contribution in [3.8, 4) is 0 Å². The summed E-state index contributed by atoms with van der Waals surface area (Å²) in [5.41, 5.74) is 0.476. The van der Waals surface area contributed by atoms with E-state index in [2.05, 4.69) is 4.98 Å². The van der Waals surface area contributed by atoms with Gasteiger partial charge in [-0.1, -0.05) is 23.2 Å². The van der Waals surface area contributed by atoms with E-state index in [0.717, 1.165) is 6.26 Å². The number of nitrogens with zero attached hydrogens (tertiary/aromatic N) is 1. The van der Waals surface area contributed by atoms with E-state index in [4.69, 9.17) is 23.2 Å². The lowest BCUT2D eigenvalue weighted by atomic mass is 10.3. The van der Waals surface area contributed by atoms with E-state index in [-0.39, 0.29) is 15.9 Å². The van der Waals surface area contributed by atoms with Crippen LogP contribution in [0.25, 0.3) is 0 Å². The highest BCUT2D eigenvalue weighted by molar-refractivity contribution is 7.89. The van der Waals surface area contributed by atoms with Crippen molar-refractivity contribution in [3.05, 3.63) is 28.0 Å². The molecule has 0 aromatic carbocycles. The third kappa shape index (κ3) is 3.14. The van der Waals surface area contributed by atoms with Crippen molar-refractivity contribution in [1.82, 2.24) is 4.98 Å². The number of aromatic nitrogens is 1. The molecule has 0 bridgehead atoms. The summed E-state index contributed by atoms with van der Waals surface area (Å²) in [6.07, 6.45) is 2.56. The van der Waals surface area contributed by atoms with Crippen molar-refractivity contribution < 1.29 is 8.42 Å². The van der Waals surface area contributed by atoms with Crippen LogP contribution in [0.3, 0.4) is 0 Å². The molecule has 0 N–H and O–H groups in total. The summed E-state index contributed by atoms with van der Waals surface area (Å²) in [6.45, 7) is 0. The van der Waals surface area contributed by atoms with E-state index in [1.807, 2.05) is 0 Å². The second-order valence-electron chi connectivity index (χ2n) is 2.64. The molecule has 1 rings (SSSR count). The van der Waals surface area contributed by atoms with E-state index in [9.17, 15) is 8.42 Å². The first-order chi connectivity index (χ1) is 5.90. The van der Waals surface area contributed by atoms with Gasteiger partial charge in [-0.2, -0.15) is 0 Å². The van der Waals surface area contributed by atoms with Crippen LogP contribution in [-0.4, -0.2) is 19.7 Å². The molecule has 72 valence electrons. The molecule has 0 radical (unpaired) electrons. The zero-order valence-corrected chi connectivity index (χ0v) is 9.12. The average Bonchev–Trinajstić information content (AvgIpc) is 1.96. The fourth-order valence-electron chi connectivity index (χ4n) is 0.849. The Labute approximate surface area is 86.6 Å². The molecule has 1 aromatic heterocycles. The quantitative estimate of drug-likeness (QED) is 0.742. The molecule has 1 heterocycles. The predicted molar refractivity (Wildman–Crippen MR) is 52.8 cm³/mol. The zero-order chi connectivity index (χ0) is 10.1. The standard InChI is InChI=1S/C7H7Cl2NO2S/c1-13(11,12)4-5-2-3-10-7(9)6(5)8/h2-3H,4H2,1H3. The van der Waals surface area contributed by atoms with E-state index >= 15 is 0 Å². The van der Waals surface area contributed by atoms with E-state index in [1.54, 1.807) is 0 Å². The van der Waals surface area contributed by atoms with Crippen LogP contribution in [0, 0.1) is 0 Å². The Kier molecular flexibility index (Phi) is 3.16. The second kappa shape index (κ2) is 3.82. The summed E-state index contributed by atoms with van der Waals surface area (Å²) in [6, 6.07) is 1.54. The van der Waals surface area contributed by atoms with Gasteiger partial charge in [0.15, 0.2) is 9.84 Å².